The summed E-state index contributed by atoms with van der Waals surface area (Å²) in [6, 6.07) is 18.7. The lowest BCUT2D eigenvalue weighted by atomic mass is 9.72. The van der Waals surface area contributed by atoms with Crippen molar-refractivity contribution in [1.82, 2.24) is 0 Å². The SMILES string of the molecule is C=C(Nc1ccc(C#N)c(C(F)(F)F)c1)C(O)(Cc1cccc(-c2ccc(F)cc2)c1)C1CCCCC1. The standard InChI is InChI=1S/C30H28F4N2O/c1-20(36-27-15-12-24(19-35)28(17-27)30(32,33)34)29(37,25-8-3-2-4-9-25)18-21-6-5-7-23(16-21)22-10-13-26(31)14-11-22/h5-7,10-17,25,36-37H,1-4,8-9,18H2. The molecule has 3 nitrogen and oxygen atoms in total. The lowest BCUT2D eigenvalue weighted by Gasteiger charge is -2.40. The van der Waals surface area contributed by atoms with Crippen LogP contribution >= 0.6 is 0 Å². The number of alkyl halides is 3. The first-order valence-corrected chi connectivity index (χ1v) is 12.2. The van der Waals surface area contributed by atoms with E-state index in [2.05, 4.69) is 11.9 Å². The second kappa shape index (κ2) is 10.8. The number of nitriles is 1. The number of nitrogens with zero attached hydrogens (tertiary/aromatic N) is 1. The second-order valence-electron chi connectivity index (χ2n) is 9.62. The van der Waals surface area contributed by atoms with E-state index in [-0.39, 0.29) is 29.5 Å². The summed E-state index contributed by atoms with van der Waals surface area (Å²) in [6.45, 7) is 4.07. The lowest BCUT2D eigenvalue weighted by Crippen LogP contribution is -2.45. The van der Waals surface area contributed by atoms with Gasteiger partial charge in [0.1, 0.15) is 11.4 Å². The van der Waals surface area contributed by atoms with Gasteiger partial charge in [0.05, 0.1) is 17.2 Å². The quantitative estimate of drug-likeness (QED) is 0.320. The third-order valence-corrected chi connectivity index (χ3v) is 7.12. The highest BCUT2D eigenvalue weighted by Crippen LogP contribution is 2.40. The van der Waals surface area contributed by atoms with E-state index >= 15 is 0 Å². The van der Waals surface area contributed by atoms with Crippen LogP contribution in [0.25, 0.3) is 11.1 Å². The average Bonchev–Trinajstić information content (AvgIpc) is 2.89. The predicted octanol–water partition coefficient (Wildman–Crippen LogP) is 7.86. The number of aliphatic hydroxyl groups is 1. The molecule has 7 heteroatoms. The van der Waals surface area contributed by atoms with Crippen molar-refractivity contribution >= 4 is 5.69 Å². The van der Waals surface area contributed by atoms with Crippen LogP contribution in [0.3, 0.4) is 0 Å². The molecule has 1 fully saturated rings. The summed E-state index contributed by atoms with van der Waals surface area (Å²) >= 11 is 0. The van der Waals surface area contributed by atoms with Gasteiger partial charge in [-0.3, -0.25) is 0 Å². The van der Waals surface area contributed by atoms with Gasteiger partial charge in [0.25, 0.3) is 0 Å². The first kappa shape index (κ1) is 26.4. The Morgan fingerprint density at radius 2 is 1.68 bits per heavy atom. The fourth-order valence-corrected chi connectivity index (χ4v) is 5.13. The summed E-state index contributed by atoms with van der Waals surface area (Å²) in [6.07, 6.45) is 0.0323. The van der Waals surface area contributed by atoms with Gasteiger partial charge in [0.2, 0.25) is 0 Å². The number of anilines is 1. The Kier molecular flexibility index (Phi) is 7.70. The minimum atomic E-state index is -4.69. The maximum atomic E-state index is 13.5. The summed E-state index contributed by atoms with van der Waals surface area (Å²) in [7, 11) is 0. The Morgan fingerprint density at radius 3 is 2.32 bits per heavy atom. The van der Waals surface area contributed by atoms with Gasteiger partial charge in [0, 0.05) is 17.8 Å². The van der Waals surface area contributed by atoms with Crippen LogP contribution in [-0.2, 0) is 12.6 Å². The van der Waals surface area contributed by atoms with Crippen molar-refractivity contribution in [3.05, 3.63) is 102 Å². The Bertz CT molecular complexity index is 1300. The molecule has 2 N–H and O–H groups in total. The number of benzene rings is 3. The Labute approximate surface area is 214 Å². The maximum Gasteiger partial charge on any atom is 0.417 e. The van der Waals surface area contributed by atoms with Crippen molar-refractivity contribution < 1.29 is 22.7 Å². The summed E-state index contributed by atoms with van der Waals surface area (Å²) in [4.78, 5) is 0. The van der Waals surface area contributed by atoms with Crippen LogP contribution in [0.15, 0.2) is 79.0 Å². The molecule has 1 aliphatic rings. The van der Waals surface area contributed by atoms with E-state index < -0.39 is 22.9 Å². The van der Waals surface area contributed by atoms with Gasteiger partial charge in [-0.2, -0.15) is 18.4 Å². The Hall–Kier alpha value is -3.63. The van der Waals surface area contributed by atoms with Gasteiger partial charge < -0.3 is 10.4 Å². The molecular weight excluding hydrogens is 480 g/mol. The molecule has 0 saturated heterocycles. The lowest BCUT2D eigenvalue weighted by molar-refractivity contribution is -0.137. The topological polar surface area (TPSA) is 56.0 Å². The van der Waals surface area contributed by atoms with Crippen molar-refractivity contribution in [2.45, 2.75) is 50.3 Å². The van der Waals surface area contributed by atoms with Crippen molar-refractivity contribution in [2.24, 2.45) is 5.92 Å². The molecule has 1 aliphatic carbocycles. The molecule has 0 amide bonds. The number of rotatable bonds is 7. The van der Waals surface area contributed by atoms with Gasteiger partial charge in [-0.1, -0.05) is 62.2 Å². The van der Waals surface area contributed by atoms with Crippen LogP contribution in [0.2, 0.25) is 0 Å². The molecular formula is C30H28F4N2O. The largest absolute Gasteiger partial charge is 0.417 e. The predicted molar refractivity (Wildman–Crippen MR) is 136 cm³/mol. The Morgan fingerprint density at radius 1 is 0.973 bits per heavy atom. The van der Waals surface area contributed by atoms with Crippen LogP contribution in [0.5, 0.6) is 0 Å². The molecule has 1 atom stereocenters. The normalized spacial score (nSPS) is 16.0. The molecule has 37 heavy (non-hydrogen) atoms. The molecule has 0 heterocycles. The smallest absolute Gasteiger partial charge is 0.383 e. The van der Waals surface area contributed by atoms with E-state index in [0.29, 0.717) is 0 Å². The van der Waals surface area contributed by atoms with E-state index in [1.807, 2.05) is 24.3 Å². The van der Waals surface area contributed by atoms with Crippen molar-refractivity contribution in [3.63, 3.8) is 0 Å². The van der Waals surface area contributed by atoms with E-state index in [4.69, 9.17) is 5.26 Å². The number of hydrogen-bond acceptors (Lipinski definition) is 3. The van der Waals surface area contributed by atoms with Gasteiger partial charge >= 0.3 is 6.18 Å². The van der Waals surface area contributed by atoms with Gasteiger partial charge in [-0.05, 0) is 65.8 Å². The first-order valence-electron chi connectivity index (χ1n) is 12.2. The third-order valence-electron chi connectivity index (χ3n) is 7.12. The molecule has 4 rings (SSSR count). The monoisotopic (exact) mass is 508 g/mol. The fraction of sp³-hybridized carbons (Fsp3) is 0.300. The number of nitrogens with one attached hydrogen (secondary N) is 1. The maximum absolute atomic E-state index is 13.5. The summed E-state index contributed by atoms with van der Waals surface area (Å²) < 4.78 is 53.9. The first-order chi connectivity index (χ1) is 17.6. The number of halogens is 4. The van der Waals surface area contributed by atoms with Crippen molar-refractivity contribution in [3.8, 4) is 17.2 Å². The average molecular weight is 509 g/mol. The zero-order valence-corrected chi connectivity index (χ0v) is 20.3. The molecule has 3 aromatic rings. The molecule has 0 bridgehead atoms. The second-order valence-corrected chi connectivity index (χ2v) is 9.62. The minimum Gasteiger partial charge on any atom is -0.383 e. The zero-order chi connectivity index (χ0) is 26.6. The van der Waals surface area contributed by atoms with Crippen molar-refractivity contribution in [1.29, 1.82) is 5.26 Å². The van der Waals surface area contributed by atoms with Gasteiger partial charge in [-0.15, -0.1) is 0 Å². The molecule has 1 unspecified atom stereocenters. The molecule has 0 radical (unpaired) electrons. The highest BCUT2D eigenvalue weighted by molar-refractivity contribution is 5.64. The summed E-state index contributed by atoms with van der Waals surface area (Å²) in [5.41, 5.74) is -0.0927. The van der Waals surface area contributed by atoms with Crippen LogP contribution < -0.4 is 5.32 Å². The van der Waals surface area contributed by atoms with Crippen LogP contribution in [0.1, 0.15) is 48.8 Å². The van der Waals surface area contributed by atoms with E-state index in [1.165, 1.54) is 18.2 Å². The van der Waals surface area contributed by atoms with Gasteiger partial charge in [-0.25, -0.2) is 4.39 Å². The van der Waals surface area contributed by atoms with Gasteiger partial charge in [0.15, 0.2) is 0 Å². The molecule has 192 valence electrons. The number of hydrogen-bond donors (Lipinski definition) is 2. The van der Waals surface area contributed by atoms with Crippen LogP contribution in [0.4, 0.5) is 23.2 Å². The van der Waals surface area contributed by atoms with E-state index in [0.717, 1.165) is 60.9 Å². The molecule has 1 saturated carbocycles. The summed E-state index contributed by atoms with van der Waals surface area (Å²) in [5, 5.41) is 24.1. The summed E-state index contributed by atoms with van der Waals surface area (Å²) in [5.74, 6) is -0.457. The van der Waals surface area contributed by atoms with Crippen LogP contribution in [0, 0.1) is 23.1 Å². The molecule has 3 aromatic carbocycles. The van der Waals surface area contributed by atoms with E-state index in [1.54, 1.807) is 18.2 Å². The van der Waals surface area contributed by atoms with Crippen molar-refractivity contribution in [2.75, 3.05) is 5.32 Å². The third kappa shape index (κ3) is 6.03. The Balaban J connectivity index is 1.65. The van der Waals surface area contributed by atoms with E-state index in [9.17, 15) is 22.7 Å². The highest BCUT2D eigenvalue weighted by Gasteiger charge is 2.41. The zero-order valence-electron chi connectivity index (χ0n) is 20.3. The minimum absolute atomic E-state index is 0.102. The molecule has 0 spiro atoms. The molecule has 0 aliphatic heterocycles. The van der Waals surface area contributed by atoms with Crippen LogP contribution in [-0.4, -0.2) is 10.7 Å². The highest BCUT2D eigenvalue weighted by atomic mass is 19.4. The molecule has 0 aromatic heterocycles. The fourth-order valence-electron chi connectivity index (χ4n) is 5.13.